The maximum atomic E-state index is 13.0. The van der Waals surface area contributed by atoms with Crippen LogP contribution in [0, 0.1) is 0 Å². The molecule has 1 atom stereocenters. The summed E-state index contributed by atoms with van der Waals surface area (Å²) in [5, 5.41) is 8.80. The molecule has 51 heavy (non-hydrogen) atoms. The molecule has 4 rings (SSSR count). The van der Waals surface area contributed by atoms with Crippen LogP contribution in [-0.2, 0) is 70.3 Å². The van der Waals surface area contributed by atoms with Gasteiger partial charge in [-0.2, -0.15) is 0 Å². The summed E-state index contributed by atoms with van der Waals surface area (Å²) in [5.41, 5.74) is 2.48. The molecule has 18 heteroatoms. The molecule has 268 valence electrons. The molecule has 0 saturated carbocycles. The van der Waals surface area contributed by atoms with E-state index in [0.717, 1.165) is 17.0 Å². The standard InChI is InChI=1S/C33H34N6O12/c40-25-17-49-30(45)14-37-27(42)19-51-33(47)24(38-28(43)20-50-31(46)15-36-26(41)18-48-29(44)13-35-25)12-21-6-8-22(9-7-21)16-39-11-10-34-32(39)23-4-2-1-3-5-23/h1-11,24H,12-20H2,(H,35,40)(H,36,41)(H,37,42)(H,38,43). The number of aromatic nitrogens is 2. The van der Waals surface area contributed by atoms with Gasteiger partial charge in [0.25, 0.3) is 23.6 Å². The lowest BCUT2D eigenvalue weighted by Crippen LogP contribution is -2.46. The van der Waals surface area contributed by atoms with Crippen LogP contribution in [0.15, 0.2) is 67.0 Å². The highest BCUT2D eigenvalue weighted by Gasteiger charge is 2.25. The van der Waals surface area contributed by atoms with E-state index in [9.17, 15) is 38.4 Å². The lowest BCUT2D eigenvalue weighted by molar-refractivity contribution is -0.154. The highest BCUT2D eigenvalue weighted by molar-refractivity contribution is 5.90. The number of ether oxygens (including phenoxy) is 4. The van der Waals surface area contributed by atoms with Crippen LogP contribution in [0.3, 0.4) is 0 Å². The molecule has 0 aliphatic carbocycles. The van der Waals surface area contributed by atoms with E-state index in [2.05, 4.69) is 31.0 Å². The summed E-state index contributed by atoms with van der Waals surface area (Å²) in [4.78, 5) is 102. The number of cyclic esters (lactones) is 4. The summed E-state index contributed by atoms with van der Waals surface area (Å²) in [6.45, 7) is -4.75. The molecular weight excluding hydrogens is 672 g/mol. The topological polar surface area (TPSA) is 239 Å². The second-order valence-corrected chi connectivity index (χ2v) is 10.8. The van der Waals surface area contributed by atoms with E-state index in [-0.39, 0.29) is 6.42 Å². The van der Waals surface area contributed by atoms with Gasteiger partial charge in [-0.15, -0.1) is 0 Å². The number of hydrogen-bond donors (Lipinski definition) is 4. The Bertz CT molecular complexity index is 1740. The molecule has 0 radical (unpaired) electrons. The van der Waals surface area contributed by atoms with E-state index in [1.54, 1.807) is 18.3 Å². The van der Waals surface area contributed by atoms with Crippen molar-refractivity contribution in [3.8, 4) is 11.4 Å². The first-order valence-corrected chi connectivity index (χ1v) is 15.4. The normalized spacial score (nSPS) is 18.0. The molecule has 3 aromatic rings. The maximum absolute atomic E-state index is 13.0. The van der Waals surface area contributed by atoms with Crippen LogP contribution in [0.25, 0.3) is 11.4 Å². The van der Waals surface area contributed by atoms with Gasteiger partial charge < -0.3 is 44.8 Å². The van der Waals surface area contributed by atoms with Crippen molar-refractivity contribution in [2.45, 2.75) is 19.0 Å². The molecule has 1 saturated heterocycles. The van der Waals surface area contributed by atoms with Gasteiger partial charge in [0.15, 0.2) is 26.4 Å². The zero-order chi connectivity index (χ0) is 36.6. The van der Waals surface area contributed by atoms with Crippen molar-refractivity contribution >= 4 is 47.5 Å². The van der Waals surface area contributed by atoms with Gasteiger partial charge in [-0.05, 0) is 11.1 Å². The average Bonchev–Trinajstić information content (AvgIpc) is 3.60. The van der Waals surface area contributed by atoms with Crippen LogP contribution in [0.5, 0.6) is 0 Å². The van der Waals surface area contributed by atoms with Crippen molar-refractivity contribution < 1.29 is 57.3 Å². The van der Waals surface area contributed by atoms with Crippen molar-refractivity contribution in [3.63, 3.8) is 0 Å². The van der Waals surface area contributed by atoms with Gasteiger partial charge in [0.05, 0.1) is 0 Å². The van der Waals surface area contributed by atoms with Gasteiger partial charge in [0, 0.05) is 30.9 Å². The van der Waals surface area contributed by atoms with Crippen LogP contribution >= 0.6 is 0 Å². The first-order valence-electron chi connectivity index (χ1n) is 15.4. The Morgan fingerprint density at radius 1 is 0.608 bits per heavy atom. The van der Waals surface area contributed by atoms with E-state index in [1.165, 1.54) is 0 Å². The zero-order valence-electron chi connectivity index (χ0n) is 27.1. The Kier molecular flexibility index (Phi) is 13.7. The van der Waals surface area contributed by atoms with Crippen LogP contribution < -0.4 is 21.3 Å². The van der Waals surface area contributed by atoms with Crippen LogP contribution in [0.1, 0.15) is 11.1 Å². The summed E-state index contributed by atoms with van der Waals surface area (Å²) in [5.74, 6) is -6.77. The number of imidazole rings is 1. The SMILES string of the molecule is O=C1COC(=O)CNC(=O)COC(=O)C(Cc2ccc(Cn3ccnc3-c3ccccc3)cc2)NC(=O)COC(=O)CNC(=O)COC(=O)CN1. The van der Waals surface area contributed by atoms with Gasteiger partial charge in [0.1, 0.15) is 31.5 Å². The number of carbonyl (C=O) groups is 8. The maximum Gasteiger partial charge on any atom is 0.329 e. The third-order valence-electron chi connectivity index (χ3n) is 6.91. The number of esters is 4. The lowest BCUT2D eigenvalue weighted by Gasteiger charge is -2.18. The Balaban J connectivity index is 1.40. The molecule has 1 unspecified atom stereocenters. The van der Waals surface area contributed by atoms with Crippen molar-refractivity contribution in [1.29, 1.82) is 0 Å². The average molecular weight is 707 g/mol. The van der Waals surface area contributed by atoms with Crippen molar-refractivity contribution in [3.05, 3.63) is 78.1 Å². The first-order chi connectivity index (χ1) is 24.5. The fourth-order valence-electron chi connectivity index (χ4n) is 4.42. The number of amides is 4. The predicted molar refractivity (Wildman–Crippen MR) is 172 cm³/mol. The van der Waals surface area contributed by atoms with Crippen LogP contribution in [-0.4, -0.2) is 109 Å². The van der Waals surface area contributed by atoms with E-state index in [0.29, 0.717) is 12.1 Å². The van der Waals surface area contributed by atoms with Gasteiger partial charge >= 0.3 is 23.9 Å². The molecule has 0 spiro atoms. The number of rotatable bonds is 5. The highest BCUT2D eigenvalue weighted by atomic mass is 16.6. The quantitative estimate of drug-likeness (QED) is 0.169. The fourth-order valence-corrected chi connectivity index (χ4v) is 4.42. The summed E-state index contributed by atoms with van der Waals surface area (Å²) in [6, 6.07) is 15.5. The minimum Gasteiger partial charge on any atom is -0.454 e. The van der Waals surface area contributed by atoms with Gasteiger partial charge in [-0.25, -0.2) is 9.78 Å². The van der Waals surface area contributed by atoms with E-state index < -0.39 is 99.6 Å². The van der Waals surface area contributed by atoms with Gasteiger partial charge in [0.2, 0.25) is 0 Å². The second-order valence-electron chi connectivity index (χ2n) is 10.8. The van der Waals surface area contributed by atoms with E-state index >= 15 is 0 Å². The molecule has 4 N–H and O–H groups in total. The molecule has 2 heterocycles. The Morgan fingerprint density at radius 2 is 1.10 bits per heavy atom. The monoisotopic (exact) mass is 706 g/mol. The molecule has 1 fully saturated rings. The molecule has 0 bridgehead atoms. The van der Waals surface area contributed by atoms with Crippen LogP contribution in [0.2, 0.25) is 0 Å². The fraction of sp³-hybridized carbons (Fsp3) is 0.303. The minimum atomic E-state index is -1.34. The van der Waals surface area contributed by atoms with Crippen LogP contribution in [0.4, 0.5) is 0 Å². The molecule has 1 aliphatic rings. The minimum absolute atomic E-state index is 0.0794. The second kappa shape index (κ2) is 18.8. The Morgan fingerprint density at radius 3 is 1.65 bits per heavy atom. The van der Waals surface area contributed by atoms with Crippen molar-refractivity contribution in [2.24, 2.45) is 0 Å². The summed E-state index contributed by atoms with van der Waals surface area (Å²) < 4.78 is 21.3. The van der Waals surface area contributed by atoms with Gasteiger partial charge in [-0.1, -0.05) is 54.6 Å². The molecule has 4 amide bonds. The highest BCUT2D eigenvalue weighted by Crippen LogP contribution is 2.18. The largest absolute Gasteiger partial charge is 0.454 e. The third-order valence-corrected chi connectivity index (χ3v) is 6.91. The zero-order valence-corrected chi connectivity index (χ0v) is 27.1. The summed E-state index contributed by atoms with van der Waals surface area (Å²) >= 11 is 0. The lowest BCUT2D eigenvalue weighted by atomic mass is 10.0. The summed E-state index contributed by atoms with van der Waals surface area (Å²) in [7, 11) is 0. The van der Waals surface area contributed by atoms with E-state index in [4.69, 9.17) is 14.2 Å². The number of nitrogens with zero attached hydrogens (tertiary/aromatic N) is 2. The van der Waals surface area contributed by atoms with Crippen molar-refractivity contribution in [1.82, 2.24) is 30.8 Å². The smallest absolute Gasteiger partial charge is 0.329 e. The van der Waals surface area contributed by atoms with Gasteiger partial charge in [-0.3, -0.25) is 33.6 Å². The van der Waals surface area contributed by atoms with Crippen molar-refractivity contribution in [2.75, 3.05) is 46.1 Å². The first kappa shape index (κ1) is 37.2. The van der Waals surface area contributed by atoms with E-state index in [1.807, 2.05) is 53.2 Å². The molecule has 1 aromatic heterocycles. The molecule has 18 nitrogen and oxygen atoms in total. The number of nitrogens with one attached hydrogen (secondary N) is 4. The molecule has 1 aliphatic heterocycles. The number of hydrogen-bond acceptors (Lipinski definition) is 13. The Hall–Kier alpha value is -6.59. The summed E-state index contributed by atoms with van der Waals surface area (Å²) in [6.07, 6.45) is 3.48. The number of benzene rings is 2. The molecular formula is C33H34N6O12. The predicted octanol–water partition coefficient (Wildman–Crippen LogP) is -1.84. The third kappa shape index (κ3) is 12.7. The number of carbonyl (C=O) groups excluding carboxylic acids is 8. The Labute approximate surface area is 290 Å². The molecule has 2 aromatic carbocycles.